The standard InChI is InChI=1S/C16H23N3O2/c1-11(15(20)19-16(21)17-2)18-14(13-9-6-10-13)12-7-4-3-5-8-12/h3-5,7-8,11,13-14,18H,6,9-10H2,1-2H3,(H2,17,19,20,21)/t11-,14-/m0/s1. The van der Waals surface area contributed by atoms with Crippen molar-refractivity contribution in [3.63, 3.8) is 0 Å². The van der Waals surface area contributed by atoms with E-state index in [0.29, 0.717) is 5.92 Å². The molecule has 5 heteroatoms. The summed E-state index contributed by atoms with van der Waals surface area (Å²) in [6, 6.07) is 9.43. The molecule has 0 heterocycles. The summed E-state index contributed by atoms with van der Waals surface area (Å²) >= 11 is 0. The molecule has 0 unspecified atom stereocenters. The van der Waals surface area contributed by atoms with E-state index in [9.17, 15) is 9.59 Å². The maximum absolute atomic E-state index is 12.0. The van der Waals surface area contributed by atoms with Crippen LogP contribution < -0.4 is 16.0 Å². The van der Waals surface area contributed by atoms with Gasteiger partial charge in [0.1, 0.15) is 0 Å². The highest BCUT2D eigenvalue weighted by Gasteiger charge is 2.30. The fraction of sp³-hybridized carbons (Fsp3) is 0.500. The van der Waals surface area contributed by atoms with Gasteiger partial charge in [0, 0.05) is 13.1 Å². The van der Waals surface area contributed by atoms with Gasteiger partial charge in [-0.25, -0.2) is 4.79 Å². The largest absolute Gasteiger partial charge is 0.341 e. The van der Waals surface area contributed by atoms with Crippen LogP contribution in [0.2, 0.25) is 0 Å². The molecule has 3 N–H and O–H groups in total. The average molecular weight is 289 g/mol. The van der Waals surface area contributed by atoms with E-state index in [-0.39, 0.29) is 11.9 Å². The highest BCUT2D eigenvalue weighted by molar-refractivity contribution is 5.96. The lowest BCUT2D eigenvalue weighted by Crippen LogP contribution is -2.49. The number of benzene rings is 1. The fourth-order valence-electron chi connectivity index (χ4n) is 2.57. The van der Waals surface area contributed by atoms with Crippen molar-refractivity contribution in [2.24, 2.45) is 5.92 Å². The van der Waals surface area contributed by atoms with Gasteiger partial charge in [-0.15, -0.1) is 0 Å². The van der Waals surface area contributed by atoms with E-state index in [4.69, 9.17) is 0 Å². The Balaban J connectivity index is 2.01. The Morgan fingerprint density at radius 2 is 1.86 bits per heavy atom. The van der Waals surface area contributed by atoms with Crippen LogP contribution in [0.5, 0.6) is 0 Å². The van der Waals surface area contributed by atoms with Crippen molar-refractivity contribution in [1.82, 2.24) is 16.0 Å². The lowest BCUT2D eigenvalue weighted by atomic mass is 9.77. The summed E-state index contributed by atoms with van der Waals surface area (Å²) in [5.74, 6) is 0.247. The van der Waals surface area contributed by atoms with E-state index < -0.39 is 12.1 Å². The summed E-state index contributed by atoms with van der Waals surface area (Å²) in [6.45, 7) is 1.78. The average Bonchev–Trinajstić information content (AvgIpc) is 2.45. The van der Waals surface area contributed by atoms with Crippen molar-refractivity contribution in [2.75, 3.05) is 7.05 Å². The molecule has 1 aliphatic rings. The van der Waals surface area contributed by atoms with E-state index in [0.717, 1.165) is 0 Å². The van der Waals surface area contributed by atoms with Crippen LogP contribution in [-0.4, -0.2) is 25.0 Å². The monoisotopic (exact) mass is 289 g/mol. The van der Waals surface area contributed by atoms with Crippen molar-refractivity contribution in [3.05, 3.63) is 35.9 Å². The fourth-order valence-corrected chi connectivity index (χ4v) is 2.57. The maximum Gasteiger partial charge on any atom is 0.321 e. The normalized spacial score (nSPS) is 17.4. The molecule has 2 atom stereocenters. The predicted octanol–water partition coefficient (Wildman–Crippen LogP) is 1.96. The molecular formula is C16H23N3O2. The first-order chi connectivity index (χ1) is 10.1. The van der Waals surface area contributed by atoms with Gasteiger partial charge in [-0.2, -0.15) is 0 Å². The van der Waals surface area contributed by atoms with Crippen LogP contribution in [0.3, 0.4) is 0 Å². The molecule has 0 spiro atoms. The maximum atomic E-state index is 12.0. The molecule has 0 aromatic heterocycles. The van der Waals surface area contributed by atoms with Crippen LogP contribution in [0, 0.1) is 5.92 Å². The molecule has 114 valence electrons. The molecule has 1 aliphatic carbocycles. The lowest BCUT2D eigenvalue weighted by molar-refractivity contribution is -0.122. The number of carbonyl (C=O) groups is 2. The van der Waals surface area contributed by atoms with Gasteiger partial charge in [-0.3, -0.25) is 15.4 Å². The predicted molar refractivity (Wildman–Crippen MR) is 81.7 cm³/mol. The Kier molecular flexibility index (Phi) is 5.33. The minimum absolute atomic E-state index is 0.158. The number of hydrogen-bond donors (Lipinski definition) is 3. The molecule has 3 amide bonds. The second-order valence-corrected chi connectivity index (χ2v) is 5.54. The molecule has 1 aromatic rings. The van der Waals surface area contributed by atoms with Gasteiger partial charge in [0.15, 0.2) is 0 Å². The van der Waals surface area contributed by atoms with Crippen LogP contribution in [-0.2, 0) is 4.79 Å². The summed E-state index contributed by atoms with van der Waals surface area (Å²) < 4.78 is 0. The molecule has 0 aliphatic heterocycles. The first-order valence-electron chi connectivity index (χ1n) is 7.45. The first-order valence-corrected chi connectivity index (χ1v) is 7.45. The van der Waals surface area contributed by atoms with Gasteiger partial charge < -0.3 is 5.32 Å². The summed E-state index contributed by atoms with van der Waals surface area (Å²) in [6.07, 6.45) is 3.60. The van der Waals surface area contributed by atoms with Gasteiger partial charge in [0.2, 0.25) is 5.91 Å². The van der Waals surface area contributed by atoms with Crippen LogP contribution in [0.25, 0.3) is 0 Å². The molecule has 5 nitrogen and oxygen atoms in total. The van der Waals surface area contributed by atoms with Crippen molar-refractivity contribution in [2.45, 2.75) is 38.3 Å². The van der Waals surface area contributed by atoms with E-state index in [1.807, 2.05) is 18.2 Å². The molecule has 0 bridgehead atoms. The van der Waals surface area contributed by atoms with Gasteiger partial charge in [-0.05, 0) is 31.2 Å². The highest BCUT2D eigenvalue weighted by atomic mass is 16.2. The van der Waals surface area contributed by atoms with Gasteiger partial charge in [0.25, 0.3) is 0 Å². The Morgan fingerprint density at radius 1 is 1.19 bits per heavy atom. The molecule has 1 fully saturated rings. The first kappa shape index (κ1) is 15.5. The zero-order valence-electron chi connectivity index (χ0n) is 12.6. The van der Waals surface area contributed by atoms with Crippen molar-refractivity contribution in [1.29, 1.82) is 0 Å². The number of carbonyl (C=O) groups excluding carboxylic acids is 2. The molecule has 0 radical (unpaired) electrons. The molecule has 21 heavy (non-hydrogen) atoms. The Morgan fingerprint density at radius 3 is 2.38 bits per heavy atom. The SMILES string of the molecule is CNC(=O)NC(=O)[C@H](C)N[C@@H](c1ccccc1)C1CCC1. The van der Waals surface area contributed by atoms with Crippen LogP contribution in [0.4, 0.5) is 4.79 Å². The van der Waals surface area contributed by atoms with Crippen LogP contribution in [0.15, 0.2) is 30.3 Å². The minimum Gasteiger partial charge on any atom is -0.341 e. The third-order valence-electron chi connectivity index (χ3n) is 4.07. The van der Waals surface area contributed by atoms with Crippen molar-refractivity contribution >= 4 is 11.9 Å². The topological polar surface area (TPSA) is 70.2 Å². The number of urea groups is 1. The molecule has 0 saturated heterocycles. The van der Waals surface area contributed by atoms with Gasteiger partial charge in [-0.1, -0.05) is 36.8 Å². The zero-order valence-corrected chi connectivity index (χ0v) is 12.6. The number of nitrogens with one attached hydrogen (secondary N) is 3. The summed E-state index contributed by atoms with van der Waals surface area (Å²) in [5.41, 5.74) is 1.20. The summed E-state index contributed by atoms with van der Waals surface area (Å²) in [5, 5.41) is 8.06. The lowest BCUT2D eigenvalue weighted by Gasteiger charge is -2.36. The molecule has 1 aromatic carbocycles. The minimum atomic E-state index is -0.478. The Labute approximate surface area is 125 Å². The number of rotatable bonds is 5. The van der Waals surface area contributed by atoms with E-state index >= 15 is 0 Å². The van der Waals surface area contributed by atoms with E-state index in [2.05, 4.69) is 28.1 Å². The van der Waals surface area contributed by atoms with Crippen molar-refractivity contribution in [3.8, 4) is 0 Å². The highest BCUT2D eigenvalue weighted by Crippen LogP contribution is 2.37. The van der Waals surface area contributed by atoms with E-state index in [1.54, 1.807) is 6.92 Å². The number of hydrogen-bond acceptors (Lipinski definition) is 3. The number of imide groups is 1. The van der Waals surface area contributed by atoms with Crippen LogP contribution in [0.1, 0.15) is 37.8 Å². The smallest absolute Gasteiger partial charge is 0.321 e. The summed E-state index contributed by atoms with van der Waals surface area (Å²) in [4.78, 5) is 23.2. The Hall–Kier alpha value is -1.88. The third-order valence-corrected chi connectivity index (χ3v) is 4.07. The second-order valence-electron chi connectivity index (χ2n) is 5.54. The molecular weight excluding hydrogens is 266 g/mol. The number of amides is 3. The summed E-state index contributed by atoms with van der Waals surface area (Å²) in [7, 11) is 1.49. The van der Waals surface area contributed by atoms with E-state index in [1.165, 1.54) is 31.9 Å². The molecule has 1 saturated carbocycles. The third kappa shape index (κ3) is 4.04. The second kappa shape index (κ2) is 7.22. The quantitative estimate of drug-likeness (QED) is 0.776. The van der Waals surface area contributed by atoms with Gasteiger partial charge in [0.05, 0.1) is 6.04 Å². The van der Waals surface area contributed by atoms with Crippen molar-refractivity contribution < 1.29 is 9.59 Å². The Bertz CT molecular complexity index is 486. The zero-order chi connectivity index (χ0) is 15.2. The van der Waals surface area contributed by atoms with Gasteiger partial charge >= 0.3 is 6.03 Å². The molecule has 2 rings (SSSR count). The van der Waals surface area contributed by atoms with Crippen LogP contribution >= 0.6 is 0 Å².